The zero-order valence-electron chi connectivity index (χ0n) is 21.5. The standard InChI is InChI=1S/C13H25O2P.C10H19O2.4CH4.I2.HI.W.Y/c1-9-12(14)10(8-13(2,3)4)11(15-9)6-7-16-5;1-7-9(11)5-8(12-7)6-10(2,3)4;;;;;1-2;;;/h9-12,14H,5-8H2,1-4H3;5,7-9,11H,6H2,1-4H3;4*1H4;;1H;;/q;-1;;;;;;;;/t9?,10-,11?,12+;7?,8?,9-;;;;;;;;/m11......../s1. The molecule has 37 heavy (non-hydrogen) atoms. The van der Waals surface area contributed by atoms with E-state index < -0.39 is 0 Å². The zero-order chi connectivity index (χ0) is 23.7. The molecule has 0 saturated carbocycles. The van der Waals surface area contributed by atoms with Gasteiger partial charge in [-0.3, -0.25) is 6.42 Å². The minimum Gasteiger partial charge on any atom is -0.422 e. The van der Waals surface area contributed by atoms with Gasteiger partial charge >= 0.3 is 0 Å². The van der Waals surface area contributed by atoms with E-state index in [1.54, 1.807) is 0 Å². The summed E-state index contributed by atoms with van der Waals surface area (Å²) in [5.41, 5.74) is 0.518. The smallest absolute Gasteiger partial charge is 0.0852 e. The van der Waals surface area contributed by atoms with E-state index in [-0.39, 0.29) is 161 Å². The number of aliphatic hydroxyl groups is 2. The Hall–Kier alpha value is 3.99. The maximum absolute atomic E-state index is 10.1. The van der Waals surface area contributed by atoms with Crippen LogP contribution in [0.15, 0.2) is 0 Å². The predicted octanol–water partition coefficient (Wildman–Crippen LogP) is 9.66. The van der Waals surface area contributed by atoms with E-state index >= 15 is 0 Å². The van der Waals surface area contributed by atoms with Crippen molar-refractivity contribution in [3.63, 3.8) is 0 Å². The van der Waals surface area contributed by atoms with Crippen molar-refractivity contribution in [2.24, 2.45) is 16.7 Å². The average Bonchev–Trinajstić information content (AvgIpc) is 3.05. The van der Waals surface area contributed by atoms with Crippen molar-refractivity contribution in [3.8, 4) is 0 Å². The van der Waals surface area contributed by atoms with E-state index in [4.69, 9.17) is 9.47 Å². The van der Waals surface area contributed by atoms with E-state index in [1.165, 1.54) is 8.20 Å². The number of halogens is 3. The molecule has 2 aliphatic heterocycles. The van der Waals surface area contributed by atoms with Gasteiger partial charge in [0.15, 0.2) is 0 Å². The maximum Gasteiger partial charge on any atom is 0.0852 e. The topological polar surface area (TPSA) is 58.9 Å². The molecule has 0 spiro atoms. The second-order valence-electron chi connectivity index (χ2n) is 10.9. The Labute approximate surface area is 315 Å². The molecule has 4 unspecified atom stereocenters. The Balaban J connectivity index is -0.0000000614. The monoisotopic (exact) mass is 1130 g/mol. The Kier molecular flexibility index (Phi) is 48.9. The fraction of sp³-hybridized carbons (Fsp3) is 0.926. The molecule has 229 valence electrons. The number of ether oxygens (including phenoxy) is 2. The number of aliphatic hydroxyl groups excluding tert-OH is 2. The van der Waals surface area contributed by atoms with E-state index in [2.05, 4.69) is 85.1 Å². The van der Waals surface area contributed by atoms with Crippen LogP contribution in [-0.2, 0) is 63.2 Å². The molecule has 0 aliphatic carbocycles. The van der Waals surface area contributed by atoms with Crippen LogP contribution in [0.2, 0.25) is 0 Å². The Morgan fingerprint density at radius 3 is 1.62 bits per heavy atom. The minimum absolute atomic E-state index is 0. The maximum atomic E-state index is 10.1. The van der Waals surface area contributed by atoms with Gasteiger partial charge in [0.25, 0.3) is 0 Å². The van der Waals surface area contributed by atoms with Crippen LogP contribution in [0, 0.1) is 23.2 Å². The number of hydrogen-bond acceptors (Lipinski definition) is 4. The molecule has 1 radical (unpaired) electrons. The third-order valence-corrected chi connectivity index (χ3v) is 5.88. The summed E-state index contributed by atoms with van der Waals surface area (Å²) in [6, 6.07) is 0. The van der Waals surface area contributed by atoms with Crippen molar-refractivity contribution in [1.29, 1.82) is 0 Å². The van der Waals surface area contributed by atoms with E-state index in [9.17, 15) is 10.2 Å². The molecule has 2 rings (SSSR count). The molecule has 0 amide bonds. The molecule has 4 nitrogen and oxygen atoms in total. The van der Waals surface area contributed by atoms with Crippen molar-refractivity contribution in [1.82, 2.24) is 0 Å². The van der Waals surface area contributed by atoms with Crippen LogP contribution in [0.1, 0.15) is 104 Å². The van der Waals surface area contributed by atoms with Gasteiger partial charge in [0.2, 0.25) is 0 Å². The Morgan fingerprint density at radius 2 is 1.30 bits per heavy atom. The van der Waals surface area contributed by atoms with Gasteiger partial charge in [-0.2, -0.15) is 0 Å². The summed E-state index contributed by atoms with van der Waals surface area (Å²) in [6.07, 6.45) is 9.46. The van der Waals surface area contributed by atoms with Crippen LogP contribution in [0.3, 0.4) is 0 Å². The first kappa shape index (κ1) is 60.2. The minimum atomic E-state index is -0.377. The average molecular weight is 1130 g/mol. The first-order valence-corrected chi connectivity index (χ1v) is 18.4. The molecule has 0 aromatic rings. The summed E-state index contributed by atoms with van der Waals surface area (Å²) < 4.78 is 11.4. The normalized spacial score (nSPS) is 27.7. The molecule has 10 heteroatoms. The summed E-state index contributed by atoms with van der Waals surface area (Å²) in [5, 5.41) is 19.5. The molecule has 2 heterocycles. The molecular weight excluding hydrogens is 1070 g/mol. The van der Waals surface area contributed by atoms with Crippen LogP contribution in [0.4, 0.5) is 0 Å². The molecule has 2 aliphatic rings. The summed E-state index contributed by atoms with van der Waals surface area (Å²) in [4.78, 5) is 0. The molecule has 0 aromatic heterocycles. The van der Waals surface area contributed by atoms with Crippen molar-refractivity contribution in [2.45, 2.75) is 141 Å². The summed E-state index contributed by atoms with van der Waals surface area (Å²) in [5.74, 6) is 0.289. The fourth-order valence-corrected chi connectivity index (χ4v) is 4.42. The summed E-state index contributed by atoms with van der Waals surface area (Å²) in [7, 11) is 1.17. The third-order valence-electron chi connectivity index (χ3n) is 5.30. The summed E-state index contributed by atoms with van der Waals surface area (Å²) >= 11 is 4.24. The van der Waals surface area contributed by atoms with Crippen LogP contribution in [0.25, 0.3) is 0 Å². The van der Waals surface area contributed by atoms with Gasteiger partial charge in [0, 0.05) is 103 Å². The van der Waals surface area contributed by atoms with Crippen molar-refractivity contribution < 1.29 is 73.5 Å². The van der Waals surface area contributed by atoms with Crippen molar-refractivity contribution in [2.75, 3.05) is 6.16 Å². The van der Waals surface area contributed by atoms with Crippen LogP contribution < -0.4 is 0 Å². The fourth-order valence-electron chi connectivity index (χ4n) is 3.98. The van der Waals surface area contributed by atoms with E-state index in [0.717, 1.165) is 25.4 Å². The second-order valence-corrected chi connectivity index (χ2v) is 11.8. The van der Waals surface area contributed by atoms with E-state index in [0.29, 0.717) is 0 Å². The van der Waals surface area contributed by atoms with Crippen molar-refractivity contribution >= 4 is 75.7 Å². The second kappa shape index (κ2) is 30.0. The van der Waals surface area contributed by atoms with Crippen LogP contribution >= 0.6 is 69.4 Å². The number of rotatable bonds is 5. The molecule has 2 fully saturated rings. The summed E-state index contributed by atoms with van der Waals surface area (Å²) in [6.45, 7) is 17.1. The number of hydrogen-bond donors (Lipinski definition) is 2. The van der Waals surface area contributed by atoms with Gasteiger partial charge in [0.05, 0.1) is 18.3 Å². The van der Waals surface area contributed by atoms with Gasteiger partial charge in [-0.1, -0.05) is 90.1 Å². The predicted molar refractivity (Wildman–Crippen MR) is 191 cm³/mol. The van der Waals surface area contributed by atoms with Crippen LogP contribution in [0.5, 0.6) is 0 Å². The first-order valence-electron chi connectivity index (χ1n) is 10.8. The quantitative estimate of drug-likeness (QED) is 0.164. The Bertz CT molecular complexity index is 487. The van der Waals surface area contributed by atoms with E-state index in [1.807, 2.05) is 20.3 Å². The molecule has 2 N–H and O–H groups in total. The molecule has 0 aromatic carbocycles. The van der Waals surface area contributed by atoms with Gasteiger partial charge in [0.1, 0.15) is 0 Å². The third kappa shape index (κ3) is 27.3. The molecule has 7 atom stereocenters. The van der Waals surface area contributed by atoms with Gasteiger partial charge in [-0.05, 0) is 49.8 Å². The van der Waals surface area contributed by atoms with Gasteiger partial charge in [-0.25, -0.2) is 0 Å². The van der Waals surface area contributed by atoms with Crippen molar-refractivity contribution in [3.05, 3.63) is 6.42 Å². The Morgan fingerprint density at radius 1 is 0.865 bits per heavy atom. The SMILES string of the molecule is C.C.C.C.C=PCCC1OC(C)[C@H](O)[C@@H]1CC(C)(C)C.CC1OC(CC(C)(C)C)[CH-][C@H]1O.I.II.[W].[Y]. The largest absolute Gasteiger partial charge is 0.422 e. The molecular formula is C27H61I3O4PWY-. The van der Waals surface area contributed by atoms with Crippen LogP contribution in [-0.4, -0.2) is 59.3 Å². The zero-order valence-corrected chi connectivity index (χ0v) is 34.8. The van der Waals surface area contributed by atoms with Gasteiger partial charge in [-0.15, -0.1) is 32.2 Å². The molecule has 0 bridgehead atoms. The first-order chi connectivity index (χ1) is 13.7. The molecule has 2 saturated heterocycles. The van der Waals surface area contributed by atoms with Gasteiger partial charge < -0.3 is 19.7 Å².